The number of methoxy groups -OCH3 is 1. The van der Waals surface area contributed by atoms with Crippen molar-refractivity contribution in [2.45, 2.75) is 19.7 Å². The number of aliphatic imine (C=N–C) groups is 1. The van der Waals surface area contributed by atoms with Crippen LogP contribution in [0, 0.1) is 0 Å². The van der Waals surface area contributed by atoms with Gasteiger partial charge < -0.3 is 20.1 Å². The van der Waals surface area contributed by atoms with Crippen molar-refractivity contribution in [2.24, 2.45) is 4.99 Å². The summed E-state index contributed by atoms with van der Waals surface area (Å²) in [4.78, 5) is 4.27. The molecule has 27 heavy (non-hydrogen) atoms. The molecule has 0 heterocycles. The van der Waals surface area contributed by atoms with Crippen molar-refractivity contribution in [3.8, 4) is 5.75 Å². The number of guanidine groups is 1. The van der Waals surface area contributed by atoms with E-state index in [1.807, 2.05) is 24.3 Å². The van der Waals surface area contributed by atoms with Gasteiger partial charge in [0.25, 0.3) is 0 Å². The van der Waals surface area contributed by atoms with Crippen LogP contribution in [0.1, 0.15) is 16.7 Å². The Bertz CT molecular complexity index is 718. The summed E-state index contributed by atoms with van der Waals surface area (Å²) in [6.07, 6.45) is 1.74. The highest BCUT2D eigenvalue weighted by Crippen LogP contribution is 2.17. The number of nitrogens with one attached hydrogen (secondary N) is 2. The molecular formula is C21H28IN3O2. The minimum atomic E-state index is 0. The van der Waals surface area contributed by atoms with Gasteiger partial charge in [-0.1, -0.05) is 55.1 Å². The summed E-state index contributed by atoms with van der Waals surface area (Å²) in [6.45, 7) is 6.12. The maximum atomic E-state index is 5.68. The quantitative estimate of drug-likeness (QED) is 0.247. The monoisotopic (exact) mass is 481 g/mol. The van der Waals surface area contributed by atoms with Gasteiger partial charge >= 0.3 is 0 Å². The first kappa shape index (κ1) is 23.0. The molecule has 0 aromatic heterocycles. The summed E-state index contributed by atoms with van der Waals surface area (Å²) in [5.41, 5.74) is 3.42. The Morgan fingerprint density at radius 1 is 1.04 bits per heavy atom. The first-order chi connectivity index (χ1) is 12.8. The van der Waals surface area contributed by atoms with Gasteiger partial charge in [0.1, 0.15) is 12.4 Å². The Balaban J connectivity index is 0.00000364. The molecule has 146 valence electrons. The minimum absolute atomic E-state index is 0. The van der Waals surface area contributed by atoms with Gasteiger partial charge in [-0.05, 0) is 17.2 Å². The lowest BCUT2D eigenvalue weighted by Crippen LogP contribution is -2.36. The van der Waals surface area contributed by atoms with Crippen LogP contribution in [0.2, 0.25) is 0 Å². The molecule has 0 aliphatic heterocycles. The topological polar surface area (TPSA) is 54.9 Å². The Kier molecular flexibility index (Phi) is 11.2. The number of nitrogens with zero attached hydrogens (tertiary/aromatic N) is 1. The standard InChI is InChI=1S/C21H27N3O2.HI/c1-4-13-26-20-8-6-5-7-19(20)15-24-21(22-2)23-14-17-9-11-18(12-10-17)16-25-3;/h4-12H,1,13-16H2,2-3H3,(H2,22,23,24);1H. The average Bonchev–Trinajstić information content (AvgIpc) is 2.68. The fourth-order valence-corrected chi connectivity index (χ4v) is 2.44. The molecule has 6 heteroatoms. The molecule has 2 aromatic rings. The van der Waals surface area contributed by atoms with Gasteiger partial charge in [0.2, 0.25) is 0 Å². The number of para-hydroxylation sites is 1. The zero-order chi connectivity index (χ0) is 18.6. The molecular weight excluding hydrogens is 453 g/mol. The zero-order valence-corrected chi connectivity index (χ0v) is 18.2. The molecule has 0 spiro atoms. The second-order valence-corrected chi connectivity index (χ2v) is 5.74. The fraction of sp³-hybridized carbons (Fsp3) is 0.286. The van der Waals surface area contributed by atoms with Crippen LogP contribution in [0.3, 0.4) is 0 Å². The number of halogens is 1. The summed E-state index contributed by atoms with van der Waals surface area (Å²) in [6, 6.07) is 16.3. The van der Waals surface area contributed by atoms with E-state index in [4.69, 9.17) is 9.47 Å². The van der Waals surface area contributed by atoms with Crippen LogP contribution in [0.5, 0.6) is 5.75 Å². The SMILES string of the molecule is C=CCOc1ccccc1CNC(=NC)NCc1ccc(COC)cc1.I. The van der Waals surface area contributed by atoms with Gasteiger partial charge in [0.05, 0.1) is 6.61 Å². The first-order valence-corrected chi connectivity index (χ1v) is 8.59. The van der Waals surface area contributed by atoms with E-state index in [2.05, 4.69) is 46.5 Å². The average molecular weight is 481 g/mol. The van der Waals surface area contributed by atoms with E-state index in [-0.39, 0.29) is 24.0 Å². The Labute approximate surface area is 178 Å². The molecule has 0 fully saturated rings. The Hall–Kier alpha value is -2.06. The molecule has 0 atom stereocenters. The van der Waals surface area contributed by atoms with Crippen molar-refractivity contribution < 1.29 is 9.47 Å². The first-order valence-electron chi connectivity index (χ1n) is 8.59. The Morgan fingerprint density at radius 2 is 1.70 bits per heavy atom. The largest absolute Gasteiger partial charge is 0.489 e. The van der Waals surface area contributed by atoms with Crippen molar-refractivity contribution in [1.29, 1.82) is 0 Å². The zero-order valence-electron chi connectivity index (χ0n) is 15.9. The molecule has 5 nitrogen and oxygen atoms in total. The van der Waals surface area contributed by atoms with Gasteiger partial charge in [-0.15, -0.1) is 24.0 Å². The molecule has 0 saturated heterocycles. The molecule has 0 radical (unpaired) electrons. The van der Waals surface area contributed by atoms with Crippen LogP contribution in [0.25, 0.3) is 0 Å². The van der Waals surface area contributed by atoms with E-state index < -0.39 is 0 Å². The third-order valence-electron chi connectivity index (χ3n) is 3.79. The van der Waals surface area contributed by atoms with E-state index in [1.165, 1.54) is 5.56 Å². The molecule has 0 bridgehead atoms. The van der Waals surface area contributed by atoms with Crippen LogP contribution in [0.4, 0.5) is 0 Å². The smallest absolute Gasteiger partial charge is 0.191 e. The van der Waals surface area contributed by atoms with Crippen LogP contribution >= 0.6 is 24.0 Å². The fourth-order valence-electron chi connectivity index (χ4n) is 2.44. The molecule has 0 unspecified atom stereocenters. The highest BCUT2D eigenvalue weighted by molar-refractivity contribution is 14.0. The van der Waals surface area contributed by atoms with Crippen LogP contribution in [-0.4, -0.2) is 26.7 Å². The number of hydrogen-bond donors (Lipinski definition) is 2. The maximum Gasteiger partial charge on any atom is 0.191 e. The van der Waals surface area contributed by atoms with Crippen LogP contribution in [-0.2, 0) is 24.4 Å². The molecule has 2 aromatic carbocycles. The molecule has 0 saturated carbocycles. The predicted molar refractivity (Wildman–Crippen MR) is 122 cm³/mol. The maximum absolute atomic E-state index is 5.68. The van der Waals surface area contributed by atoms with Crippen LogP contribution < -0.4 is 15.4 Å². The summed E-state index contributed by atoms with van der Waals surface area (Å²) in [5, 5.41) is 6.64. The number of ether oxygens (including phenoxy) is 2. The lowest BCUT2D eigenvalue weighted by atomic mass is 10.1. The van der Waals surface area contributed by atoms with Gasteiger partial charge in [-0.3, -0.25) is 4.99 Å². The third-order valence-corrected chi connectivity index (χ3v) is 3.79. The van der Waals surface area contributed by atoms with Crippen LogP contribution in [0.15, 0.2) is 66.2 Å². The molecule has 2 N–H and O–H groups in total. The normalized spacial score (nSPS) is 10.7. The summed E-state index contributed by atoms with van der Waals surface area (Å²) in [7, 11) is 3.46. The molecule has 0 amide bonds. The predicted octanol–water partition coefficient (Wildman–Crippen LogP) is 3.88. The van der Waals surface area contributed by atoms with Crippen molar-refractivity contribution in [1.82, 2.24) is 10.6 Å². The third kappa shape index (κ3) is 8.01. The highest BCUT2D eigenvalue weighted by Gasteiger charge is 2.04. The van der Waals surface area contributed by atoms with Crippen molar-refractivity contribution in [3.05, 3.63) is 77.9 Å². The van der Waals surface area contributed by atoms with Gasteiger partial charge in [0.15, 0.2) is 5.96 Å². The van der Waals surface area contributed by atoms with E-state index >= 15 is 0 Å². The number of hydrogen-bond acceptors (Lipinski definition) is 3. The second kappa shape index (κ2) is 13.2. The molecule has 0 aliphatic rings. The minimum Gasteiger partial charge on any atom is -0.489 e. The Morgan fingerprint density at radius 3 is 2.37 bits per heavy atom. The van der Waals surface area contributed by atoms with E-state index in [9.17, 15) is 0 Å². The number of benzene rings is 2. The molecule has 2 rings (SSSR count). The van der Waals surface area contributed by atoms with Gasteiger partial charge in [-0.2, -0.15) is 0 Å². The second-order valence-electron chi connectivity index (χ2n) is 5.74. The van der Waals surface area contributed by atoms with Crippen molar-refractivity contribution >= 4 is 29.9 Å². The molecule has 0 aliphatic carbocycles. The lowest BCUT2D eigenvalue weighted by molar-refractivity contribution is 0.185. The van der Waals surface area contributed by atoms with E-state index in [0.717, 1.165) is 22.8 Å². The van der Waals surface area contributed by atoms with Gasteiger partial charge in [-0.25, -0.2) is 0 Å². The van der Waals surface area contributed by atoms with E-state index in [1.54, 1.807) is 20.2 Å². The van der Waals surface area contributed by atoms with Crippen molar-refractivity contribution in [2.75, 3.05) is 20.8 Å². The van der Waals surface area contributed by atoms with Crippen molar-refractivity contribution in [3.63, 3.8) is 0 Å². The van der Waals surface area contributed by atoms with Gasteiger partial charge in [0, 0.05) is 32.8 Å². The summed E-state index contributed by atoms with van der Waals surface area (Å²) < 4.78 is 10.8. The van der Waals surface area contributed by atoms with E-state index in [0.29, 0.717) is 26.3 Å². The lowest BCUT2D eigenvalue weighted by Gasteiger charge is -2.14. The summed E-state index contributed by atoms with van der Waals surface area (Å²) in [5.74, 6) is 1.59. The number of rotatable bonds is 9. The highest BCUT2D eigenvalue weighted by atomic mass is 127. The summed E-state index contributed by atoms with van der Waals surface area (Å²) >= 11 is 0.